The molecule has 0 spiro atoms. The van der Waals surface area contributed by atoms with E-state index in [-0.39, 0.29) is 17.9 Å². The lowest BCUT2D eigenvalue weighted by Crippen LogP contribution is -2.47. The highest BCUT2D eigenvalue weighted by Gasteiger charge is 2.47. The van der Waals surface area contributed by atoms with Crippen molar-refractivity contribution in [2.45, 2.75) is 51.1 Å². The number of hydrogen-bond donors (Lipinski definition) is 1. The van der Waals surface area contributed by atoms with E-state index >= 15 is 0 Å². The smallest absolute Gasteiger partial charge is 0.254 e. The zero-order valence-electron chi connectivity index (χ0n) is 16.0. The van der Waals surface area contributed by atoms with Crippen molar-refractivity contribution in [1.82, 2.24) is 4.90 Å². The number of nitrogens with zero attached hydrogens (tertiary/aromatic N) is 1. The molecule has 4 rings (SSSR count). The third kappa shape index (κ3) is 3.66. The van der Waals surface area contributed by atoms with Crippen LogP contribution in [0.3, 0.4) is 0 Å². The fourth-order valence-electron chi connectivity index (χ4n) is 4.66. The second kappa shape index (κ2) is 7.96. The second-order valence-corrected chi connectivity index (χ2v) is 8.33. The number of benzene rings is 2. The van der Waals surface area contributed by atoms with E-state index in [0.29, 0.717) is 22.2 Å². The minimum atomic E-state index is -0.445. The van der Waals surface area contributed by atoms with Gasteiger partial charge in [0.1, 0.15) is 6.04 Å². The Morgan fingerprint density at radius 2 is 1.82 bits per heavy atom. The highest BCUT2D eigenvalue weighted by molar-refractivity contribution is 6.31. The van der Waals surface area contributed by atoms with Crippen LogP contribution in [0.25, 0.3) is 0 Å². The molecule has 0 aromatic heterocycles. The van der Waals surface area contributed by atoms with Crippen LogP contribution in [0.5, 0.6) is 0 Å². The number of amides is 2. The van der Waals surface area contributed by atoms with Crippen LogP contribution in [0.4, 0.5) is 5.69 Å². The summed E-state index contributed by atoms with van der Waals surface area (Å²) >= 11 is 6.10. The van der Waals surface area contributed by atoms with Crippen molar-refractivity contribution < 1.29 is 9.59 Å². The van der Waals surface area contributed by atoms with Crippen molar-refractivity contribution in [2.24, 2.45) is 5.92 Å². The van der Waals surface area contributed by atoms with Gasteiger partial charge in [0.2, 0.25) is 5.91 Å². The first-order chi connectivity index (χ1) is 13.5. The first-order valence-electron chi connectivity index (χ1n) is 9.99. The van der Waals surface area contributed by atoms with Crippen LogP contribution in [0.1, 0.15) is 48.0 Å². The van der Waals surface area contributed by atoms with E-state index in [4.69, 9.17) is 11.6 Å². The largest absolute Gasteiger partial charge is 0.324 e. The summed E-state index contributed by atoms with van der Waals surface area (Å²) in [5, 5.41) is 3.60. The minimum Gasteiger partial charge on any atom is -0.324 e. The van der Waals surface area contributed by atoms with Crippen molar-refractivity contribution in [1.29, 1.82) is 0 Å². The molecule has 1 saturated heterocycles. The van der Waals surface area contributed by atoms with E-state index in [2.05, 4.69) is 5.32 Å². The number of halogens is 1. The molecule has 0 radical (unpaired) electrons. The molecule has 1 N–H and O–H groups in total. The number of aryl methyl sites for hydroxylation is 1. The molecule has 1 aliphatic heterocycles. The first kappa shape index (κ1) is 19.0. The highest BCUT2D eigenvalue weighted by atomic mass is 35.5. The molecule has 2 fully saturated rings. The average Bonchev–Trinajstić information content (AvgIpc) is 3.10. The molecular weight excluding hydrogens is 372 g/mol. The van der Waals surface area contributed by atoms with Crippen LogP contribution < -0.4 is 5.32 Å². The summed E-state index contributed by atoms with van der Waals surface area (Å²) in [5.74, 6) is 0.236. The number of nitrogens with one attached hydrogen (secondary N) is 1. The van der Waals surface area contributed by atoms with Gasteiger partial charge in [-0.25, -0.2) is 0 Å². The number of carbonyl (C=O) groups is 2. The van der Waals surface area contributed by atoms with E-state index < -0.39 is 6.04 Å². The fourth-order valence-corrected chi connectivity index (χ4v) is 4.83. The molecule has 4 nitrogen and oxygen atoms in total. The number of hydrogen-bond acceptors (Lipinski definition) is 2. The van der Waals surface area contributed by atoms with Gasteiger partial charge >= 0.3 is 0 Å². The molecule has 2 aromatic rings. The van der Waals surface area contributed by atoms with Gasteiger partial charge in [-0.1, -0.05) is 48.7 Å². The Kier molecular flexibility index (Phi) is 5.40. The zero-order chi connectivity index (χ0) is 19.7. The van der Waals surface area contributed by atoms with E-state index in [9.17, 15) is 9.59 Å². The molecule has 28 heavy (non-hydrogen) atoms. The highest BCUT2D eigenvalue weighted by Crippen LogP contribution is 2.41. The Hall–Kier alpha value is -2.33. The van der Waals surface area contributed by atoms with Crippen molar-refractivity contribution in [2.75, 3.05) is 5.32 Å². The quantitative estimate of drug-likeness (QED) is 0.788. The van der Waals surface area contributed by atoms with Gasteiger partial charge < -0.3 is 10.2 Å². The summed E-state index contributed by atoms with van der Waals surface area (Å²) in [6.07, 6.45) is 5.08. The lowest BCUT2D eigenvalue weighted by Gasteiger charge is -2.33. The topological polar surface area (TPSA) is 49.4 Å². The van der Waals surface area contributed by atoms with E-state index in [1.165, 1.54) is 6.42 Å². The Balaban J connectivity index is 1.62. The predicted octanol–water partition coefficient (Wildman–Crippen LogP) is 5.06. The van der Waals surface area contributed by atoms with Gasteiger partial charge in [-0.3, -0.25) is 9.59 Å². The molecule has 5 heteroatoms. The Morgan fingerprint density at radius 3 is 2.61 bits per heavy atom. The Labute approximate surface area is 170 Å². The molecule has 2 amide bonds. The van der Waals surface area contributed by atoms with Crippen LogP contribution in [0.2, 0.25) is 5.02 Å². The fraction of sp³-hybridized carbons (Fsp3) is 0.391. The average molecular weight is 397 g/mol. The number of rotatable bonds is 3. The third-order valence-electron chi connectivity index (χ3n) is 6.10. The van der Waals surface area contributed by atoms with E-state index in [1.54, 1.807) is 6.07 Å². The standard InChI is InChI=1S/C23H25ClN2O2/c1-15-11-12-18(24)14-19(15)25-22(27)21-13-17-9-5-6-10-20(17)26(21)23(28)16-7-3-2-4-8-16/h2-4,7-8,11-12,14,17,20-21H,5-6,9-10,13H2,1H3,(H,25,27). The Morgan fingerprint density at radius 1 is 1.07 bits per heavy atom. The van der Waals surface area contributed by atoms with Crippen molar-refractivity contribution in [3.05, 3.63) is 64.7 Å². The van der Waals surface area contributed by atoms with E-state index in [0.717, 1.165) is 31.2 Å². The Bertz CT molecular complexity index is 883. The van der Waals surface area contributed by atoms with Crippen LogP contribution >= 0.6 is 11.6 Å². The van der Waals surface area contributed by atoms with E-state index in [1.807, 2.05) is 54.3 Å². The maximum Gasteiger partial charge on any atom is 0.254 e. The van der Waals surface area contributed by atoms with Crippen LogP contribution in [-0.4, -0.2) is 28.8 Å². The number of fused-ring (bicyclic) bond motifs is 1. The summed E-state index contributed by atoms with van der Waals surface area (Å²) < 4.78 is 0. The van der Waals surface area contributed by atoms with Crippen LogP contribution in [0, 0.1) is 12.8 Å². The molecule has 0 bridgehead atoms. The molecule has 1 heterocycles. The molecular formula is C23H25ClN2O2. The van der Waals surface area contributed by atoms with Gasteiger partial charge in [0.25, 0.3) is 5.91 Å². The van der Waals surface area contributed by atoms with Crippen molar-refractivity contribution in [3.8, 4) is 0 Å². The zero-order valence-corrected chi connectivity index (χ0v) is 16.8. The summed E-state index contributed by atoms with van der Waals surface area (Å²) in [4.78, 5) is 28.4. The minimum absolute atomic E-state index is 0.0435. The van der Waals surface area contributed by atoms with Crippen LogP contribution in [-0.2, 0) is 4.79 Å². The van der Waals surface area contributed by atoms with Crippen molar-refractivity contribution in [3.63, 3.8) is 0 Å². The third-order valence-corrected chi connectivity index (χ3v) is 6.34. The molecule has 2 aromatic carbocycles. The summed E-state index contributed by atoms with van der Waals surface area (Å²) in [7, 11) is 0. The lowest BCUT2D eigenvalue weighted by atomic mass is 9.84. The van der Waals surface area contributed by atoms with Crippen LogP contribution in [0.15, 0.2) is 48.5 Å². The summed E-state index contributed by atoms with van der Waals surface area (Å²) in [6, 6.07) is 14.5. The molecule has 2 aliphatic rings. The predicted molar refractivity (Wildman–Crippen MR) is 112 cm³/mol. The second-order valence-electron chi connectivity index (χ2n) is 7.89. The van der Waals surface area contributed by atoms with Gasteiger partial charge in [0, 0.05) is 22.3 Å². The van der Waals surface area contributed by atoms with Gasteiger partial charge in [0.15, 0.2) is 0 Å². The summed E-state index contributed by atoms with van der Waals surface area (Å²) in [6.45, 7) is 1.94. The van der Waals surface area contributed by atoms with Gasteiger partial charge in [0.05, 0.1) is 0 Å². The van der Waals surface area contributed by atoms with Gasteiger partial charge in [-0.2, -0.15) is 0 Å². The van der Waals surface area contributed by atoms with Crippen molar-refractivity contribution >= 4 is 29.1 Å². The molecule has 1 saturated carbocycles. The maximum atomic E-state index is 13.3. The normalized spacial score (nSPS) is 23.9. The number of anilines is 1. The number of carbonyl (C=O) groups excluding carboxylic acids is 2. The molecule has 3 unspecified atom stereocenters. The maximum absolute atomic E-state index is 13.3. The van der Waals surface area contributed by atoms with Gasteiger partial charge in [-0.15, -0.1) is 0 Å². The monoisotopic (exact) mass is 396 g/mol. The molecule has 146 valence electrons. The van der Waals surface area contributed by atoms with Gasteiger partial charge in [-0.05, 0) is 61.9 Å². The SMILES string of the molecule is Cc1ccc(Cl)cc1NC(=O)C1CC2CCCCC2N1C(=O)c1ccccc1. The molecule has 1 aliphatic carbocycles. The number of likely N-dealkylation sites (tertiary alicyclic amines) is 1. The summed E-state index contributed by atoms with van der Waals surface area (Å²) in [5.41, 5.74) is 2.30. The lowest BCUT2D eigenvalue weighted by molar-refractivity contribution is -0.120. The first-order valence-corrected chi connectivity index (χ1v) is 10.4. The molecule has 3 atom stereocenters.